The van der Waals surface area contributed by atoms with Crippen molar-refractivity contribution >= 4 is 5.91 Å². The lowest BCUT2D eigenvalue weighted by atomic mass is 10.0. The number of carbonyl (C=O) groups excluding carboxylic acids is 1. The van der Waals surface area contributed by atoms with E-state index in [0.717, 1.165) is 18.5 Å². The molecule has 0 aliphatic rings. The highest BCUT2D eigenvalue weighted by Crippen LogP contribution is 2.14. The van der Waals surface area contributed by atoms with Crippen LogP contribution >= 0.6 is 0 Å². The zero-order valence-corrected chi connectivity index (χ0v) is 13.3. The molecule has 0 aromatic heterocycles. The van der Waals surface area contributed by atoms with E-state index in [-0.39, 0.29) is 11.9 Å². The highest BCUT2D eigenvalue weighted by Gasteiger charge is 2.08. The average molecular weight is 290 g/mol. The van der Waals surface area contributed by atoms with Gasteiger partial charge in [0.25, 0.3) is 0 Å². The van der Waals surface area contributed by atoms with Gasteiger partial charge in [-0.3, -0.25) is 4.79 Å². The van der Waals surface area contributed by atoms with Gasteiger partial charge in [-0.15, -0.1) is 0 Å². The summed E-state index contributed by atoms with van der Waals surface area (Å²) in [6.07, 6.45) is 8.70. The van der Waals surface area contributed by atoms with Crippen molar-refractivity contribution in [2.75, 3.05) is 6.54 Å². The summed E-state index contributed by atoms with van der Waals surface area (Å²) in [4.78, 5) is 11.7. The summed E-state index contributed by atoms with van der Waals surface area (Å²) in [7, 11) is 0. The summed E-state index contributed by atoms with van der Waals surface area (Å²) in [6.45, 7) is 3.02. The number of rotatable bonds is 11. The van der Waals surface area contributed by atoms with E-state index in [0.29, 0.717) is 12.8 Å². The van der Waals surface area contributed by atoms with Crippen molar-refractivity contribution in [2.24, 2.45) is 5.73 Å². The lowest BCUT2D eigenvalue weighted by Crippen LogP contribution is -2.25. The predicted octanol–water partition coefficient (Wildman–Crippen LogP) is 3.94. The Bertz CT molecular complexity index is 378. The Balaban J connectivity index is 2.03. The van der Waals surface area contributed by atoms with Gasteiger partial charge in [0.2, 0.25) is 5.91 Å². The maximum atomic E-state index is 11.7. The van der Waals surface area contributed by atoms with E-state index in [9.17, 15) is 4.79 Å². The molecule has 0 aliphatic heterocycles. The minimum atomic E-state index is -0.0500. The maximum absolute atomic E-state index is 11.7. The van der Waals surface area contributed by atoms with E-state index < -0.39 is 0 Å². The number of benzene rings is 1. The van der Waals surface area contributed by atoms with E-state index in [1.165, 1.54) is 32.1 Å². The second kappa shape index (κ2) is 11.3. The minimum Gasteiger partial charge on any atom is -0.356 e. The van der Waals surface area contributed by atoms with Gasteiger partial charge < -0.3 is 11.1 Å². The Morgan fingerprint density at radius 3 is 2.48 bits per heavy atom. The molecular weight excluding hydrogens is 260 g/mol. The molecule has 118 valence electrons. The minimum absolute atomic E-state index is 0.0500. The molecule has 0 spiro atoms. The number of hydrogen-bond donors (Lipinski definition) is 2. The van der Waals surface area contributed by atoms with Crippen LogP contribution in [-0.4, -0.2) is 12.5 Å². The molecule has 1 unspecified atom stereocenters. The topological polar surface area (TPSA) is 55.1 Å². The van der Waals surface area contributed by atoms with Crippen LogP contribution in [0, 0.1) is 0 Å². The molecule has 0 saturated heterocycles. The van der Waals surface area contributed by atoms with E-state index in [2.05, 4.69) is 12.2 Å². The van der Waals surface area contributed by atoms with E-state index in [1.807, 2.05) is 30.3 Å². The molecule has 0 fully saturated rings. The van der Waals surface area contributed by atoms with E-state index in [4.69, 9.17) is 5.73 Å². The molecule has 0 heterocycles. The molecule has 0 radical (unpaired) electrons. The van der Waals surface area contributed by atoms with Gasteiger partial charge in [-0.25, -0.2) is 0 Å². The van der Waals surface area contributed by atoms with Crippen molar-refractivity contribution in [1.29, 1.82) is 0 Å². The van der Waals surface area contributed by atoms with Crippen molar-refractivity contribution in [2.45, 2.75) is 64.3 Å². The zero-order chi connectivity index (χ0) is 15.3. The number of hydrogen-bond acceptors (Lipinski definition) is 2. The maximum Gasteiger partial charge on any atom is 0.220 e. The zero-order valence-electron chi connectivity index (χ0n) is 13.3. The van der Waals surface area contributed by atoms with Gasteiger partial charge in [0.1, 0.15) is 0 Å². The fraction of sp³-hybridized carbons (Fsp3) is 0.611. The fourth-order valence-corrected chi connectivity index (χ4v) is 2.38. The second-order valence-electron chi connectivity index (χ2n) is 5.67. The molecule has 1 amide bonds. The summed E-state index contributed by atoms with van der Waals surface area (Å²) in [5.74, 6) is 0.120. The molecule has 0 saturated carbocycles. The summed E-state index contributed by atoms with van der Waals surface area (Å²) in [5, 5.41) is 2.99. The molecule has 21 heavy (non-hydrogen) atoms. The number of unbranched alkanes of at least 4 members (excludes halogenated alkanes) is 5. The van der Waals surface area contributed by atoms with Gasteiger partial charge in [0.05, 0.1) is 0 Å². The SMILES string of the molecule is CCCCCCCCNC(=O)CCC(N)c1ccccc1. The fourth-order valence-electron chi connectivity index (χ4n) is 2.38. The van der Waals surface area contributed by atoms with Crippen LogP contribution in [0.2, 0.25) is 0 Å². The van der Waals surface area contributed by atoms with Gasteiger partial charge in [0.15, 0.2) is 0 Å². The normalized spacial score (nSPS) is 12.1. The molecule has 1 aromatic rings. The Kier molecular flexibility index (Phi) is 9.55. The van der Waals surface area contributed by atoms with Crippen LogP contribution in [0.4, 0.5) is 0 Å². The molecule has 0 bridgehead atoms. The monoisotopic (exact) mass is 290 g/mol. The smallest absolute Gasteiger partial charge is 0.220 e. The van der Waals surface area contributed by atoms with Crippen LogP contribution in [0.5, 0.6) is 0 Å². The first kappa shape index (κ1) is 17.7. The number of amides is 1. The van der Waals surface area contributed by atoms with Crippen LogP contribution in [0.25, 0.3) is 0 Å². The third-order valence-electron chi connectivity index (χ3n) is 3.76. The van der Waals surface area contributed by atoms with Crippen molar-refractivity contribution in [1.82, 2.24) is 5.32 Å². The Morgan fingerprint density at radius 1 is 1.10 bits per heavy atom. The molecular formula is C18H30N2O. The Labute approximate surface area is 129 Å². The van der Waals surface area contributed by atoms with E-state index >= 15 is 0 Å². The van der Waals surface area contributed by atoms with Crippen LogP contribution in [-0.2, 0) is 4.79 Å². The standard InChI is InChI=1S/C18H30N2O/c1-2-3-4-5-6-10-15-20-18(21)14-13-17(19)16-11-8-7-9-12-16/h7-9,11-12,17H,2-6,10,13-15,19H2,1H3,(H,20,21). The van der Waals surface area contributed by atoms with Gasteiger partial charge >= 0.3 is 0 Å². The number of carbonyl (C=O) groups is 1. The lowest BCUT2D eigenvalue weighted by molar-refractivity contribution is -0.121. The molecule has 1 rings (SSSR count). The first-order valence-corrected chi connectivity index (χ1v) is 8.31. The summed E-state index contributed by atoms with van der Waals surface area (Å²) < 4.78 is 0. The molecule has 3 N–H and O–H groups in total. The lowest BCUT2D eigenvalue weighted by Gasteiger charge is -2.11. The highest BCUT2D eigenvalue weighted by molar-refractivity contribution is 5.75. The summed E-state index contributed by atoms with van der Waals surface area (Å²) in [5.41, 5.74) is 7.18. The third kappa shape index (κ3) is 8.51. The van der Waals surface area contributed by atoms with Crippen LogP contribution < -0.4 is 11.1 Å². The first-order valence-electron chi connectivity index (χ1n) is 8.31. The first-order chi connectivity index (χ1) is 10.2. The predicted molar refractivity (Wildman–Crippen MR) is 89.0 cm³/mol. The third-order valence-corrected chi connectivity index (χ3v) is 3.76. The van der Waals surface area contributed by atoms with Gasteiger partial charge in [0, 0.05) is 19.0 Å². The summed E-state index contributed by atoms with van der Waals surface area (Å²) >= 11 is 0. The Morgan fingerprint density at radius 2 is 1.76 bits per heavy atom. The van der Waals surface area contributed by atoms with Gasteiger partial charge in [-0.1, -0.05) is 69.4 Å². The molecule has 1 aromatic carbocycles. The molecule has 3 nitrogen and oxygen atoms in total. The van der Waals surface area contributed by atoms with Crippen molar-refractivity contribution in [3.8, 4) is 0 Å². The van der Waals surface area contributed by atoms with Crippen molar-refractivity contribution < 1.29 is 4.79 Å². The largest absolute Gasteiger partial charge is 0.356 e. The van der Waals surface area contributed by atoms with Crippen LogP contribution in [0.3, 0.4) is 0 Å². The second-order valence-corrected chi connectivity index (χ2v) is 5.67. The molecule has 1 atom stereocenters. The molecule has 3 heteroatoms. The van der Waals surface area contributed by atoms with E-state index in [1.54, 1.807) is 0 Å². The Hall–Kier alpha value is -1.35. The molecule has 0 aliphatic carbocycles. The number of nitrogens with one attached hydrogen (secondary N) is 1. The number of nitrogens with two attached hydrogens (primary N) is 1. The average Bonchev–Trinajstić information content (AvgIpc) is 2.52. The highest BCUT2D eigenvalue weighted by atomic mass is 16.1. The van der Waals surface area contributed by atoms with Crippen molar-refractivity contribution in [3.05, 3.63) is 35.9 Å². The van der Waals surface area contributed by atoms with Gasteiger partial charge in [-0.05, 0) is 18.4 Å². The van der Waals surface area contributed by atoms with Gasteiger partial charge in [-0.2, -0.15) is 0 Å². The summed E-state index contributed by atoms with van der Waals surface area (Å²) in [6, 6.07) is 9.91. The quantitative estimate of drug-likeness (QED) is 0.606. The van der Waals surface area contributed by atoms with Crippen LogP contribution in [0.1, 0.15) is 69.9 Å². The van der Waals surface area contributed by atoms with Crippen LogP contribution in [0.15, 0.2) is 30.3 Å². The van der Waals surface area contributed by atoms with Crippen molar-refractivity contribution in [3.63, 3.8) is 0 Å².